The fourth-order valence-electron chi connectivity index (χ4n) is 6.93. The maximum absolute atomic E-state index is 13.1. The average Bonchev–Trinajstić information content (AvgIpc) is 3.72. The molecule has 0 aliphatic carbocycles. The highest BCUT2D eigenvalue weighted by Crippen LogP contribution is 2.48. The number of halogens is 1. The molecule has 16 heteroatoms. The van der Waals surface area contributed by atoms with E-state index in [9.17, 15) is 24.9 Å². The quantitative estimate of drug-likeness (QED) is 0.0404. The summed E-state index contributed by atoms with van der Waals surface area (Å²) in [5, 5.41) is 36.4. The molecule has 4 rings (SSSR count). The summed E-state index contributed by atoms with van der Waals surface area (Å²) in [5.74, 6) is 0.180. The van der Waals surface area contributed by atoms with E-state index >= 15 is 0 Å². The number of aliphatic hydroxyl groups is 2. The van der Waals surface area contributed by atoms with Crippen LogP contribution in [-0.2, 0) is 29.7 Å². The molecule has 0 amide bonds. The first-order valence-electron chi connectivity index (χ1n) is 20.0. The molecule has 0 bridgehead atoms. The van der Waals surface area contributed by atoms with Gasteiger partial charge in [0, 0.05) is 12.4 Å². The number of aromatic nitrogens is 4. The zero-order valence-corrected chi connectivity index (χ0v) is 33.8. The number of nitriles is 1. The first-order valence-corrected chi connectivity index (χ1v) is 21.8. The number of unbranched alkanes of at least 4 members (excludes halogenated alkanes) is 16. The third kappa shape index (κ3) is 14.3. The van der Waals surface area contributed by atoms with Gasteiger partial charge < -0.3 is 30.3 Å². The summed E-state index contributed by atoms with van der Waals surface area (Å²) in [5.41, 5.74) is 5.17. The van der Waals surface area contributed by atoms with Crippen LogP contribution < -0.4 is 5.73 Å². The number of anilines is 1. The molecule has 306 valence electrons. The number of hydrogen-bond donors (Lipinski definition) is 4. The number of ether oxygens (including phenoxy) is 2. The lowest BCUT2D eigenvalue weighted by atomic mass is 9.96. The topological polar surface area (TPSA) is 208 Å². The molecule has 55 heavy (non-hydrogen) atoms. The molecular formula is C39H60ClN6O8P. The Labute approximate surface area is 330 Å². The van der Waals surface area contributed by atoms with Gasteiger partial charge in [0.2, 0.25) is 5.60 Å². The first-order chi connectivity index (χ1) is 26.6. The number of nitrogens with two attached hydrogens (primary N) is 1. The van der Waals surface area contributed by atoms with Crippen LogP contribution >= 0.6 is 19.4 Å². The van der Waals surface area contributed by atoms with E-state index in [0.29, 0.717) is 17.0 Å². The van der Waals surface area contributed by atoms with Gasteiger partial charge in [0.05, 0.1) is 30.0 Å². The Bertz CT molecular complexity index is 1660. The van der Waals surface area contributed by atoms with Crippen molar-refractivity contribution >= 4 is 30.8 Å². The zero-order valence-electron chi connectivity index (χ0n) is 32.1. The third-order valence-corrected chi connectivity index (χ3v) is 11.3. The van der Waals surface area contributed by atoms with Crippen molar-refractivity contribution in [2.75, 3.05) is 18.9 Å². The van der Waals surface area contributed by atoms with Gasteiger partial charge in [-0.25, -0.2) is 14.1 Å². The summed E-state index contributed by atoms with van der Waals surface area (Å²) in [6, 6.07) is 6.71. The molecule has 4 heterocycles. The number of pyridine rings is 1. The zero-order chi connectivity index (χ0) is 39.5. The van der Waals surface area contributed by atoms with E-state index in [0.717, 1.165) is 24.8 Å². The van der Waals surface area contributed by atoms with Crippen LogP contribution in [0, 0.1) is 11.3 Å². The minimum Gasteiger partial charge on any atom is -0.387 e. The lowest BCUT2D eigenvalue weighted by molar-refractivity contribution is -0.0763. The summed E-state index contributed by atoms with van der Waals surface area (Å²) in [4.78, 5) is 18.6. The van der Waals surface area contributed by atoms with Crippen LogP contribution in [0.4, 0.5) is 5.82 Å². The highest BCUT2D eigenvalue weighted by molar-refractivity contribution is 7.47. The van der Waals surface area contributed by atoms with Crippen LogP contribution in [0.5, 0.6) is 0 Å². The number of phosphoric acid groups is 1. The summed E-state index contributed by atoms with van der Waals surface area (Å²) < 4.78 is 36.9. The van der Waals surface area contributed by atoms with Gasteiger partial charge in [-0.2, -0.15) is 10.4 Å². The molecule has 1 aliphatic rings. The van der Waals surface area contributed by atoms with Gasteiger partial charge in [-0.1, -0.05) is 128 Å². The highest BCUT2D eigenvalue weighted by atomic mass is 35.5. The Morgan fingerprint density at radius 3 is 2.20 bits per heavy atom. The molecule has 0 radical (unpaired) electrons. The fraction of sp³-hybridized carbons (Fsp3) is 0.692. The van der Waals surface area contributed by atoms with Crippen molar-refractivity contribution in [2.45, 2.75) is 159 Å². The summed E-state index contributed by atoms with van der Waals surface area (Å²) in [7, 11) is -4.79. The molecule has 1 aliphatic heterocycles. The van der Waals surface area contributed by atoms with Crippen molar-refractivity contribution in [2.24, 2.45) is 0 Å². The van der Waals surface area contributed by atoms with E-state index in [1.165, 1.54) is 107 Å². The first kappa shape index (κ1) is 45.0. The predicted molar refractivity (Wildman–Crippen MR) is 210 cm³/mol. The Balaban J connectivity index is 1.19. The summed E-state index contributed by atoms with van der Waals surface area (Å²) in [6.45, 7) is 1.28. The molecule has 1 fully saturated rings. The minimum absolute atomic E-state index is 0.166. The number of rotatable bonds is 28. The van der Waals surface area contributed by atoms with Crippen molar-refractivity contribution < 1.29 is 38.2 Å². The fourth-order valence-corrected chi connectivity index (χ4v) is 7.91. The van der Waals surface area contributed by atoms with Crippen LogP contribution in [0.3, 0.4) is 0 Å². The second-order valence-electron chi connectivity index (χ2n) is 14.6. The van der Waals surface area contributed by atoms with Gasteiger partial charge in [0.25, 0.3) is 0 Å². The maximum atomic E-state index is 13.1. The molecule has 0 aromatic carbocycles. The Morgan fingerprint density at radius 1 is 0.982 bits per heavy atom. The molecule has 0 spiro atoms. The van der Waals surface area contributed by atoms with E-state index < -0.39 is 44.4 Å². The second kappa shape index (κ2) is 23.5. The lowest BCUT2D eigenvalue weighted by Gasteiger charge is -2.26. The minimum atomic E-state index is -4.79. The predicted octanol–water partition coefficient (Wildman–Crippen LogP) is 8.18. The molecule has 1 saturated heterocycles. The van der Waals surface area contributed by atoms with E-state index in [1.54, 1.807) is 24.4 Å². The molecule has 3 aromatic rings. The van der Waals surface area contributed by atoms with Crippen LogP contribution in [-0.4, -0.2) is 71.8 Å². The number of nitrogens with zero attached hydrogens (tertiary/aromatic N) is 5. The summed E-state index contributed by atoms with van der Waals surface area (Å²) in [6.07, 6.45) is 21.2. The second-order valence-corrected chi connectivity index (χ2v) is 16.5. The normalized spacial score (nSPS) is 21.5. The van der Waals surface area contributed by atoms with Crippen molar-refractivity contribution in [3.05, 3.63) is 53.2 Å². The molecule has 14 nitrogen and oxygen atoms in total. The SMILES string of the molecule is CCCCCCCCCCCCCCCCCCC[C@H](COP(=O)(O)OC[C@@]1(C#N)O[C@@H](c2ccc3c(N)ncnn23)[C@H](O)[C@@H]1O)OCc1cncc(Cl)c1. The Hall–Kier alpha value is -2.70. The van der Waals surface area contributed by atoms with Crippen LogP contribution in [0.15, 0.2) is 36.9 Å². The average molecular weight is 807 g/mol. The van der Waals surface area contributed by atoms with Crippen molar-refractivity contribution in [3.63, 3.8) is 0 Å². The largest absolute Gasteiger partial charge is 0.472 e. The smallest absolute Gasteiger partial charge is 0.387 e. The van der Waals surface area contributed by atoms with Crippen LogP contribution in [0.1, 0.15) is 140 Å². The lowest BCUT2D eigenvalue weighted by Crippen LogP contribution is -2.45. The molecule has 3 aromatic heterocycles. The van der Waals surface area contributed by atoms with E-state index in [4.69, 9.17) is 35.9 Å². The third-order valence-electron chi connectivity index (χ3n) is 10.2. The number of aliphatic hydroxyl groups excluding tert-OH is 2. The molecule has 0 saturated carbocycles. The monoisotopic (exact) mass is 806 g/mol. The number of nitrogen functional groups attached to an aromatic ring is 1. The molecule has 5 N–H and O–H groups in total. The number of fused-ring (bicyclic) bond motifs is 1. The standard InChI is InChI=1S/C39H60ClN6O8P/c1-2-3-4-5-6-7-8-9-10-11-12-13-14-15-16-17-18-19-32(51-25-30-22-31(40)24-43-23-30)26-52-55(49,50)53-28-39(27-41)37(48)35(47)36(54-39)33-20-21-34-38(42)44-29-45-46(33)34/h20-24,29,32,35-37,47-48H,2-19,25-26,28H2,1H3,(H,49,50)(H2,42,44,45)/t32-,35+,36+,37+,39-/m1/s1. The van der Waals surface area contributed by atoms with Gasteiger partial charge in [0.1, 0.15) is 42.8 Å². The molecule has 1 unspecified atom stereocenters. The number of hydrogen-bond acceptors (Lipinski definition) is 12. The van der Waals surface area contributed by atoms with Crippen molar-refractivity contribution in [1.82, 2.24) is 19.6 Å². The Kier molecular flexibility index (Phi) is 19.2. The Morgan fingerprint density at radius 2 is 1.60 bits per heavy atom. The van der Waals surface area contributed by atoms with Crippen molar-refractivity contribution in [3.8, 4) is 6.07 Å². The van der Waals surface area contributed by atoms with Crippen LogP contribution in [0.2, 0.25) is 5.02 Å². The highest BCUT2D eigenvalue weighted by Gasteiger charge is 2.57. The van der Waals surface area contributed by atoms with Gasteiger partial charge in [0.15, 0.2) is 5.82 Å². The van der Waals surface area contributed by atoms with Gasteiger partial charge in [-0.3, -0.25) is 14.0 Å². The van der Waals surface area contributed by atoms with Gasteiger partial charge in [-0.15, -0.1) is 0 Å². The van der Waals surface area contributed by atoms with Gasteiger partial charge in [-0.05, 0) is 30.2 Å². The van der Waals surface area contributed by atoms with Gasteiger partial charge >= 0.3 is 7.82 Å². The molecular weight excluding hydrogens is 747 g/mol. The van der Waals surface area contributed by atoms with Crippen molar-refractivity contribution in [1.29, 1.82) is 5.26 Å². The van der Waals surface area contributed by atoms with E-state index in [2.05, 4.69) is 22.0 Å². The maximum Gasteiger partial charge on any atom is 0.472 e. The van der Waals surface area contributed by atoms with E-state index in [1.807, 2.05) is 6.07 Å². The van der Waals surface area contributed by atoms with E-state index in [-0.39, 0.29) is 24.7 Å². The summed E-state index contributed by atoms with van der Waals surface area (Å²) >= 11 is 6.09. The van der Waals surface area contributed by atoms with Crippen LogP contribution in [0.25, 0.3) is 5.52 Å². The molecule has 6 atom stereocenters. The number of phosphoric ester groups is 1.